The second-order valence-corrected chi connectivity index (χ2v) is 12.1. The summed E-state index contributed by atoms with van der Waals surface area (Å²) in [4.78, 5) is 0. The van der Waals surface area contributed by atoms with Gasteiger partial charge in [0.15, 0.2) is 0 Å². The molecule has 0 heterocycles. The highest BCUT2D eigenvalue weighted by molar-refractivity contribution is 5.33. The Bertz CT molecular complexity index is 802. The van der Waals surface area contributed by atoms with E-state index in [1.54, 1.807) is 33.4 Å². The van der Waals surface area contributed by atoms with Crippen LogP contribution in [0.1, 0.15) is 149 Å². The number of hydrogen-bond acceptors (Lipinski definition) is 0. The van der Waals surface area contributed by atoms with Crippen molar-refractivity contribution in [2.45, 2.75) is 154 Å². The standard InChI is InChI=1S/C36H54/c1-2-8-14-20-32-26-28-34-22-16-10-4-3-9-15-21-33-27-25-31(19-13-7-1)29-35(33)23-17-11-5-6-12-18-24-36(34)30-32/h25-30H,1-24H2. The number of hydrogen-bond donors (Lipinski definition) is 0. The zero-order valence-corrected chi connectivity index (χ0v) is 23.4. The van der Waals surface area contributed by atoms with Crippen molar-refractivity contribution in [1.29, 1.82) is 0 Å². The molecule has 0 unspecified atom stereocenters. The third kappa shape index (κ3) is 9.72. The summed E-state index contributed by atoms with van der Waals surface area (Å²) in [5.41, 5.74) is 9.92. The predicted octanol–water partition coefficient (Wildman–Crippen LogP) is 10.7. The fraction of sp³-hybridized carbons (Fsp3) is 0.667. The summed E-state index contributed by atoms with van der Waals surface area (Å²) in [7, 11) is 0. The Balaban J connectivity index is 1.48. The van der Waals surface area contributed by atoms with Crippen molar-refractivity contribution in [3.05, 3.63) is 69.8 Å². The minimum Gasteiger partial charge on any atom is -0.0588 e. The molecule has 0 amide bonds. The molecule has 2 aliphatic carbocycles. The van der Waals surface area contributed by atoms with E-state index in [-0.39, 0.29) is 0 Å². The van der Waals surface area contributed by atoms with Gasteiger partial charge in [-0.25, -0.2) is 0 Å². The van der Waals surface area contributed by atoms with Crippen molar-refractivity contribution in [2.75, 3.05) is 0 Å². The number of fused-ring (bicyclic) bond motifs is 9. The van der Waals surface area contributed by atoms with Gasteiger partial charge in [0.05, 0.1) is 0 Å². The maximum Gasteiger partial charge on any atom is -0.0276 e. The molecule has 0 spiro atoms. The number of aryl methyl sites for hydroxylation is 6. The van der Waals surface area contributed by atoms with Crippen LogP contribution in [0, 0.1) is 0 Å². The van der Waals surface area contributed by atoms with E-state index in [0.29, 0.717) is 0 Å². The monoisotopic (exact) mass is 486 g/mol. The third-order valence-corrected chi connectivity index (χ3v) is 9.01. The maximum atomic E-state index is 2.61. The Kier molecular flexibility index (Phi) is 12.5. The Morgan fingerprint density at radius 3 is 0.889 bits per heavy atom. The van der Waals surface area contributed by atoms with E-state index >= 15 is 0 Å². The van der Waals surface area contributed by atoms with E-state index in [2.05, 4.69) is 36.4 Å². The first kappa shape index (κ1) is 27.5. The normalized spacial score (nSPS) is 20.3. The summed E-state index contributed by atoms with van der Waals surface area (Å²) >= 11 is 0. The number of rotatable bonds is 0. The van der Waals surface area contributed by atoms with Gasteiger partial charge in [0.2, 0.25) is 0 Å². The van der Waals surface area contributed by atoms with Crippen molar-refractivity contribution >= 4 is 0 Å². The molecule has 0 aromatic heterocycles. The van der Waals surface area contributed by atoms with Crippen LogP contribution in [-0.4, -0.2) is 0 Å². The molecular weight excluding hydrogens is 432 g/mol. The van der Waals surface area contributed by atoms with E-state index < -0.39 is 0 Å². The van der Waals surface area contributed by atoms with E-state index in [1.807, 2.05) is 0 Å². The van der Waals surface area contributed by atoms with Crippen LogP contribution < -0.4 is 0 Å². The molecular formula is C36H54. The highest BCUT2D eigenvalue weighted by Crippen LogP contribution is 2.24. The highest BCUT2D eigenvalue weighted by atomic mass is 14.1. The summed E-state index contributed by atoms with van der Waals surface area (Å²) in [6, 6.07) is 15.2. The fourth-order valence-corrected chi connectivity index (χ4v) is 6.66. The molecule has 4 rings (SSSR count). The zero-order chi connectivity index (χ0) is 24.7. The first-order valence-electron chi connectivity index (χ1n) is 16.1. The molecule has 0 nitrogen and oxygen atoms in total. The Morgan fingerprint density at radius 1 is 0.250 bits per heavy atom. The zero-order valence-electron chi connectivity index (χ0n) is 23.4. The van der Waals surface area contributed by atoms with Crippen molar-refractivity contribution in [1.82, 2.24) is 0 Å². The molecule has 0 saturated heterocycles. The fourth-order valence-electron chi connectivity index (χ4n) is 6.66. The second kappa shape index (κ2) is 16.3. The molecule has 198 valence electrons. The van der Waals surface area contributed by atoms with E-state index in [1.165, 1.54) is 154 Å². The van der Waals surface area contributed by atoms with E-state index in [4.69, 9.17) is 0 Å². The first-order chi connectivity index (χ1) is 17.9. The second-order valence-electron chi connectivity index (χ2n) is 12.1. The van der Waals surface area contributed by atoms with Gasteiger partial charge in [-0.05, 0) is 110 Å². The van der Waals surface area contributed by atoms with Gasteiger partial charge in [-0.1, -0.05) is 113 Å². The van der Waals surface area contributed by atoms with Crippen molar-refractivity contribution in [3.8, 4) is 0 Å². The van der Waals surface area contributed by atoms with Gasteiger partial charge in [0.1, 0.15) is 0 Å². The summed E-state index contributed by atoms with van der Waals surface area (Å²) in [5, 5.41) is 0. The van der Waals surface area contributed by atoms with Crippen LogP contribution in [0.3, 0.4) is 0 Å². The molecule has 2 aromatic rings. The van der Waals surface area contributed by atoms with Crippen LogP contribution in [0.2, 0.25) is 0 Å². The molecule has 0 fully saturated rings. The molecule has 0 atom stereocenters. The summed E-state index contributed by atoms with van der Waals surface area (Å²) < 4.78 is 0. The molecule has 0 N–H and O–H groups in total. The van der Waals surface area contributed by atoms with Crippen LogP contribution in [0.5, 0.6) is 0 Å². The molecule has 0 radical (unpaired) electrons. The van der Waals surface area contributed by atoms with Gasteiger partial charge in [0.25, 0.3) is 0 Å². The molecule has 0 aliphatic heterocycles. The average molecular weight is 487 g/mol. The molecule has 0 heteroatoms. The summed E-state index contributed by atoms with van der Waals surface area (Å²) in [5.74, 6) is 0. The van der Waals surface area contributed by atoms with E-state index in [9.17, 15) is 0 Å². The SMILES string of the molecule is c1cc2c3cc1CCCCCCCCc1ccc(c(c1)CCCCCCCC3)CCCCCCCC2. The van der Waals surface area contributed by atoms with Crippen LogP contribution in [0.25, 0.3) is 0 Å². The Morgan fingerprint density at radius 2 is 0.528 bits per heavy atom. The Labute approximate surface area is 223 Å². The smallest absolute Gasteiger partial charge is 0.0276 e. The van der Waals surface area contributed by atoms with Gasteiger partial charge < -0.3 is 0 Å². The Hall–Kier alpha value is -1.56. The van der Waals surface area contributed by atoms with Crippen LogP contribution in [0.4, 0.5) is 0 Å². The van der Waals surface area contributed by atoms with Gasteiger partial charge in [0, 0.05) is 0 Å². The van der Waals surface area contributed by atoms with Crippen LogP contribution in [-0.2, 0) is 38.5 Å². The molecule has 36 heavy (non-hydrogen) atoms. The van der Waals surface area contributed by atoms with Gasteiger partial charge in [-0.3, -0.25) is 0 Å². The first-order valence-corrected chi connectivity index (χ1v) is 16.1. The van der Waals surface area contributed by atoms with Crippen molar-refractivity contribution in [3.63, 3.8) is 0 Å². The molecule has 2 aliphatic rings. The lowest BCUT2D eigenvalue weighted by molar-refractivity contribution is 0.579. The summed E-state index contributed by atoms with van der Waals surface area (Å²) in [6.07, 6.45) is 32.9. The lowest BCUT2D eigenvalue weighted by Gasteiger charge is -2.14. The largest absolute Gasteiger partial charge is 0.0588 e. The number of benzene rings is 2. The molecule has 2 aromatic carbocycles. The van der Waals surface area contributed by atoms with Gasteiger partial charge >= 0.3 is 0 Å². The topological polar surface area (TPSA) is 0 Å². The maximum absolute atomic E-state index is 2.61. The summed E-state index contributed by atoms with van der Waals surface area (Å²) in [6.45, 7) is 0. The average Bonchev–Trinajstić information content (AvgIpc) is 2.89. The lowest BCUT2D eigenvalue weighted by atomic mass is 9.91. The quantitative estimate of drug-likeness (QED) is 0.347. The van der Waals surface area contributed by atoms with Crippen molar-refractivity contribution < 1.29 is 0 Å². The van der Waals surface area contributed by atoms with Gasteiger partial charge in [-0.15, -0.1) is 0 Å². The molecule has 0 saturated carbocycles. The highest BCUT2D eigenvalue weighted by Gasteiger charge is 2.08. The van der Waals surface area contributed by atoms with Crippen LogP contribution in [0.15, 0.2) is 36.4 Å². The predicted molar refractivity (Wildman–Crippen MR) is 158 cm³/mol. The van der Waals surface area contributed by atoms with Gasteiger partial charge in [-0.2, -0.15) is 0 Å². The van der Waals surface area contributed by atoms with E-state index in [0.717, 1.165) is 0 Å². The van der Waals surface area contributed by atoms with Crippen molar-refractivity contribution in [2.24, 2.45) is 0 Å². The van der Waals surface area contributed by atoms with Crippen LogP contribution >= 0.6 is 0 Å². The lowest BCUT2D eigenvalue weighted by Crippen LogP contribution is -2.00. The minimum atomic E-state index is 1.28. The third-order valence-electron chi connectivity index (χ3n) is 9.01. The minimum absolute atomic E-state index is 1.28. The molecule has 4 bridgehead atoms.